The Balaban J connectivity index is 2.09. The van der Waals surface area contributed by atoms with Crippen molar-refractivity contribution in [3.8, 4) is 5.75 Å². The summed E-state index contributed by atoms with van der Waals surface area (Å²) >= 11 is 0. The molecule has 2 aromatic rings. The largest absolute Gasteiger partial charge is 0.494 e. The number of aliphatic imine (C=N–C) groups is 1. The van der Waals surface area contributed by atoms with Crippen LogP contribution in [0.5, 0.6) is 5.75 Å². The van der Waals surface area contributed by atoms with Gasteiger partial charge < -0.3 is 24.6 Å². The van der Waals surface area contributed by atoms with E-state index < -0.39 is 23.2 Å². The summed E-state index contributed by atoms with van der Waals surface area (Å²) in [5.41, 5.74) is 8.73. The van der Waals surface area contributed by atoms with Gasteiger partial charge >= 0.3 is 5.97 Å². The fourth-order valence-corrected chi connectivity index (χ4v) is 4.52. The molecule has 226 valence electrons. The molecule has 0 saturated carbocycles. The smallest absolute Gasteiger partial charge is 0.306 e. The van der Waals surface area contributed by atoms with Crippen LogP contribution in [-0.2, 0) is 25.6 Å². The highest BCUT2D eigenvalue weighted by Crippen LogP contribution is 2.44. The molecule has 0 aliphatic carbocycles. The Morgan fingerprint density at radius 2 is 1.90 bits per heavy atom. The molecular weight excluding hydrogens is 538 g/mol. The minimum Gasteiger partial charge on any atom is -0.494 e. The van der Waals surface area contributed by atoms with E-state index in [1.54, 1.807) is 45.0 Å². The molecule has 0 fully saturated rings. The second-order valence-electron chi connectivity index (χ2n) is 11.6. The van der Waals surface area contributed by atoms with Crippen LogP contribution in [0.2, 0.25) is 0 Å². The van der Waals surface area contributed by atoms with Gasteiger partial charge in [0.25, 0.3) is 5.91 Å². The van der Waals surface area contributed by atoms with E-state index in [4.69, 9.17) is 29.8 Å². The van der Waals surface area contributed by atoms with Crippen molar-refractivity contribution in [1.82, 2.24) is 5.32 Å². The summed E-state index contributed by atoms with van der Waals surface area (Å²) < 4.78 is 17.7. The number of amides is 1. The topological polar surface area (TPSA) is 155 Å². The van der Waals surface area contributed by atoms with Gasteiger partial charge in [-0.25, -0.2) is 4.99 Å². The maximum absolute atomic E-state index is 14.1. The predicted molar refractivity (Wildman–Crippen MR) is 159 cm³/mol. The molecule has 0 unspecified atom stereocenters. The molecule has 0 spiro atoms. The maximum Gasteiger partial charge on any atom is 0.306 e. The number of aliphatic hydroxyl groups excluding tert-OH is 1. The molecule has 0 bridgehead atoms. The number of carbonyl (C=O) groups excluding carboxylic acids is 2. The van der Waals surface area contributed by atoms with E-state index in [0.29, 0.717) is 42.0 Å². The highest BCUT2D eigenvalue weighted by atomic mass is 16.6. The third-order valence-corrected chi connectivity index (χ3v) is 6.47. The Hall–Kier alpha value is -4.08. The average Bonchev–Trinajstić information content (AvgIpc) is 3.34. The van der Waals surface area contributed by atoms with Gasteiger partial charge in [-0.2, -0.15) is 0 Å². The number of ether oxygens (including phenoxy) is 3. The monoisotopic (exact) mass is 579 g/mol. The van der Waals surface area contributed by atoms with Crippen LogP contribution in [0.25, 0.3) is 10.4 Å². The van der Waals surface area contributed by atoms with Crippen LogP contribution >= 0.6 is 0 Å². The molecule has 0 aromatic heterocycles. The Morgan fingerprint density at radius 1 is 1.19 bits per heavy atom. The van der Waals surface area contributed by atoms with Gasteiger partial charge in [-0.3, -0.25) is 9.59 Å². The molecule has 42 heavy (non-hydrogen) atoms. The predicted octanol–water partition coefficient (Wildman–Crippen LogP) is 5.41. The van der Waals surface area contributed by atoms with Crippen molar-refractivity contribution in [3.63, 3.8) is 0 Å². The summed E-state index contributed by atoms with van der Waals surface area (Å²) in [6.45, 7) is 10.2. The number of hydrogen-bond acceptors (Lipinski definition) is 8. The highest BCUT2D eigenvalue weighted by Gasteiger charge is 2.53. The lowest BCUT2D eigenvalue weighted by atomic mass is 9.81. The quantitative estimate of drug-likeness (QED) is 0.100. The molecule has 1 amide bonds. The van der Waals surface area contributed by atoms with Gasteiger partial charge in [-0.05, 0) is 74.0 Å². The molecule has 1 heterocycles. The lowest BCUT2D eigenvalue weighted by Gasteiger charge is -2.32. The van der Waals surface area contributed by atoms with Gasteiger partial charge in [-0.1, -0.05) is 43.2 Å². The molecule has 2 aromatic carbocycles. The second kappa shape index (κ2) is 14.7. The number of aliphatic hydroxyl groups is 1. The zero-order chi connectivity index (χ0) is 30.8. The third kappa shape index (κ3) is 8.71. The van der Waals surface area contributed by atoms with Crippen LogP contribution in [-0.4, -0.2) is 53.8 Å². The van der Waals surface area contributed by atoms with Crippen LogP contribution in [0.4, 0.5) is 0 Å². The Kier molecular flexibility index (Phi) is 11.4. The van der Waals surface area contributed by atoms with Crippen LogP contribution in [0.15, 0.2) is 58.6 Å². The first-order valence-electron chi connectivity index (χ1n) is 14.2. The van der Waals surface area contributed by atoms with E-state index in [1.165, 1.54) is 0 Å². The second-order valence-corrected chi connectivity index (χ2v) is 11.6. The van der Waals surface area contributed by atoms with Gasteiger partial charge in [0.15, 0.2) is 11.6 Å². The lowest BCUT2D eigenvalue weighted by molar-refractivity contribution is -0.155. The molecule has 2 N–H and O–H groups in total. The van der Waals surface area contributed by atoms with Crippen molar-refractivity contribution in [2.24, 2.45) is 16.0 Å². The van der Waals surface area contributed by atoms with E-state index in [1.807, 2.05) is 38.1 Å². The van der Waals surface area contributed by atoms with E-state index >= 15 is 0 Å². The fraction of sp³-hybridized carbons (Fsp3) is 0.516. The number of azide groups is 1. The molecule has 11 heteroatoms. The maximum atomic E-state index is 14.1. The fourth-order valence-electron chi connectivity index (χ4n) is 4.52. The molecule has 11 nitrogen and oxygen atoms in total. The molecule has 1 aliphatic heterocycles. The number of carbonyl (C=O) groups is 2. The van der Waals surface area contributed by atoms with Gasteiger partial charge in [0.1, 0.15) is 11.4 Å². The van der Waals surface area contributed by atoms with Crippen molar-refractivity contribution in [1.29, 1.82) is 0 Å². The Bertz CT molecular complexity index is 1300. The van der Waals surface area contributed by atoms with Gasteiger partial charge in [0.2, 0.25) is 5.90 Å². The Labute approximate surface area is 246 Å². The van der Waals surface area contributed by atoms with Gasteiger partial charge in [0.05, 0.1) is 13.2 Å². The number of nitrogens with zero attached hydrogens (tertiary/aromatic N) is 4. The van der Waals surface area contributed by atoms with E-state index in [2.05, 4.69) is 15.3 Å². The van der Waals surface area contributed by atoms with Crippen molar-refractivity contribution in [3.05, 3.63) is 75.7 Å². The van der Waals surface area contributed by atoms with Crippen molar-refractivity contribution >= 4 is 17.8 Å². The Morgan fingerprint density at radius 3 is 2.55 bits per heavy atom. The van der Waals surface area contributed by atoms with E-state index in [-0.39, 0.29) is 43.7 Å². The highest BCUT2D eigenvalue weighted by molar-refractivity contribution is 6.01. The number of hydrogen-bond donors (Lipinski definition) is 2. The van der Waals surface area contributed by atoms with Crippen molar-refractivity contribution in [2.45, 2.75) is 77.7 Å². The number of benzene rings is 2. The van der Waals surface area contributed by atoms with Crippen LogP contribution in [0.1, 0.15) is 76.7 Å². The van der Waals surface area contributed by atoms with Crippen molar-refractivity contribution in [2.75, 3.05) is 19.8 Å². The molecule has 0 saturated heterocycles. The third-order valence-electron chi connectivity index (χ3n) is 6.47. The summed E-state index contributed by atoms with van der Waals surface area (Å²) in [7, 11) is 0. The summed E-state index contributed by atoms with van der Waals surface area (Å²) in [4.78, 5) is 34.8. The zero-order valence-electron chi connectivity index (χ0n) is 25.0. The standard InChI is InChI=1S/C31H41N5O6/c1-21(2)19-33-29(39)31(16-15-26(38)42-30(3,4)5)27(25-10-7-6-9-23(25)20-34-36-32)41-28(35-31)22-11-13-24(14-12-22)40-18-8-17-37/h6-7,9-14,21,27,37H,8,15-20H2,1-5H3,(H,33,39)/t27-,31-/m1/s1. The first kappa shape index (κ1) is 32.4. The average molecular weight is 580 g/mol. The lowest BCUT2D eigenvalue weighted by Crippen LogP contribution is -2.49. The molecule has 2 atom stereocenters. The SMILES string of the molecule is CC(C)CNC(=O)[C@]1(CCC(=O)OC(C)(C)C)N=C(c2ccc(OCCCO)cc2)O[C@@H]1c1ccccc1CN=[N+]=[N-]. The molecule has 1 aliphatic rings. The van der Waals surface area contributed by atoms with Gasteiger partial charge in [0, 0.05) is 36.5 Å². The van der Waals surface area contributed by atoms with E-state index in [9.17, 15) is 9.59 Å². The first-order chi connectivity index (χ1) is 20.0. The first-order valence-corrected chi connectivity index (χ1v) is 14.2. The van der Waals surface area contributed by atoms with Crippen molar-refractivity contribution < 1.29 is 28.9 Å². The summed E-state index contributed by atoms with van der Waals surface area (Å²) in [6.07, 6.45) is -0.440. The summed E-state index contributed by atoms with van der Waals surface area (Å²) in [5.74, 6) is 0.212. The van der Waals surface area contributed by atoms with E-state index in [0.717, 1.165) is 0 Å². The summed E-state index contributed by atoms with van der Waals surface area (Å²) in [6, 6.07) is 14.4. The minimum atomic E-state index is -1.51. The normalized spacial score (nSPS) is 18.1. The zero-order valence-corrected chi connectivity index (χ0v) is 25.0. The van der Waals surface area contributed by atoms with Gasteiger partial charge in [-0.15, -0.1) is 0 Å². The minimum absolute atomic E-state index is 0.0260. The molecule has 0 radical (unpaired) electrons. The molecular formula is C31H41N5O6. The van der Waals surface area contributed by atoms with Crippen LogP contribution < -0.4 is 10.1 Å². The van der Waals surface area contributed by atoms with Crippen LogP contribution in [0.3, 0.4) is 0 Å². The molecule has 3 rings (SSSR count). The number of rotatable bonds is 14. The summed E-state index contributed by atoms with van der Waals surface area (Å²) in [5, 5.41) is 15.8. The van der Waals surface area contributed by atoms with Crippen LogP contribution in [0, 0.1) is 5.92 Å². The number of esters is 1. The number of nitrogens with one attached hydrogen (secondary N) is 1.